The molecule has 6 nitrogen and oxygen atoms in total. The van der Waals surface area contributed by atoms with Crippen LogP contribution in [-0.2, 0) is 0 Å². The van der Waals surface area contributed by atoms with E-state index in [-0.39, 0.29) is 28.1 Å². The summed E-state index contributed by atoms with van der Waals surface area (Å²) >= 11 is 11.6. The molecule has 12 atom stereocenters. The van der Waals surface area contributed by atoms with Crippen molar-refractivity contribution in [3.05, 3.63) is 0 Å². The summed E-state index contributed by atoms with van der Waals surface area (Å²) in [5.41, 5.74) is -2.01. The normalized spacial score (nSPS) is 49.0. The molecule has 9 unspecified atom stereocenters. The van der Waals surface area contributed by atoms with E-state index in [4.69, 9.17) is 11.6 Å². The van der Waals surface area contributed by atoms with Crippen LogP contribution >= 0.6 is 36.0 Å². The Hall–Kier alpha value is 0.750. The number of thioether (sulfide) groups is 1. The molecule has 0 heterocycles. The van der Waals surface area contributed by atoms with Gasteiger partial charge in [-0.1, -0.05) is 41.5 Å². The van der Waals surface area contributed by atoms with Gasteiger partial charge >= 0.3 is 0 Å². The minimum Gasteiger partial charge on any atom is -0.390 e. The van der Waals surface area contributed by atoms with Gasteiger partial charge in [-0.25, -0.2) is 0 Å². The number of hydrogen-bond donors (Lipinski definition) is 7. The second kappa shape index (κ2) is 12.7. The number of aliphatic hydroxyl groups is 6. The molecule has 9 saturated carbocycles. The molecular weight excluding hydrogens is 604 g/mol. The number of halogens is 1. The van der Waals surface area contributed by atoms with Crippen molar-refractivity contribution in [2.75, 3.05) is 23.6 Å². The van der Waals surface area contributed by atoms with Gasteiger partial charge < -0.3 is 30.6 Å². The van der Waals surface area contributed by atoms with Crippen LogP contribution in [0.1, 0.15) is 99.3 Å². The average molecular weight is 665 g/mol. The lowest BCUT2D eigenvalue weighted by Gasteiger charge is -2.65. The molecular formula is C34H61ClO6S2. The maximum atomic E-state index is 10.6. The summed E-state index contributed by atoms with van der Waals surface area (Å²) in [6.07, 6.45) is 7.81. The van der Waals surface area contributed by atoms with Gasteiger partial charge in [-0.05, 0) is 127 Å². The van der Waals surface area contributed by atoms with Crippen molar-refractivity contribution in [2.24, 2.45) is 51.8 Å². The van der Waals surface area contributed by atoms with Crippen molar-refractivity contribution >= 4 is 36.0 Å². The predicted octanol–water partition coefficient (Wildman–Crippen LogP) is 5.14. The Morgan fingerprint density at radius 3 is 1.21 bits per heavy atom. The summed E-state index contributed by atoms with van der Waals surface area (Å²) in [6.45, 7) is 13.3. The molecule has 6 N–H and O–H groups in total. The van der Waals surface area contributed by atoms with Crippen LogP contribution in [0.15, 0.2) is 0 Å². The van der Waals surface area contributed by atoms with Crippen LogP contribution in [0.25, 0.3) is 0 Å². The Bertz CT molecular complexity index is 931. The zero-order valence-corrected chi connectivity index (χ0v) is 30.1. The first-order valence-electron chi connectivity index (χ1n) is 16.6. The fraction of sp³-hybridized carbons (Fsp3) is 1.00. The second-order valence-electron chi connectivity index (χ2n) is 16.8. The third-order valence-corrected chi connectivity index (χ3v) is 15.2. The van der Waals surface area contributed by atoms with Gasteiger partial charge in [-0.15, -0.1) is 11.6 Å². The van der Waals surface area contributed by atoms with Crippen LogP contribution in [0.5, 0.6) is 0 Å². The Morgan fingerprint density at radius 2 is 0.930 bits per heavy atom. The Kier molecular flexibility index (Phi) is 10.8. The molecule has 9 fully saturated rings. The molecule has 0 aromatic rings. The van der Waals surface area contributed by atoms with Crippen molar-refractivity contribution in [3.63, 3.8) is 0 Å². The van der Waals surface area contributed by atoms with E-state index in [1.807, 2.05) is 6.26 Å². The SMILES string of the molecule is CC1(C)C2CC(O)[C@@](O)(CCCl)C1C2.CC1(C)C2CC(O)[C@@](O)(CCS)C1C2.CSCC[C@]1(O)C(O)CC2CC1C2(C)C. The third-order valence-electron chi connectivity index (χ3n) is 14.2. The second-order valence-corrected chi connectivity index (χ2v) is 18.6. The van der Waals surface area contributed by atoms with Crippen LogP contribution < -0.4 is 0 Å². The number of aliphatic hydroxyl groups excluding tert-OH is 3. The lowest BCUT2D eigenvalue weighted by Crippen LogP contribution is -2.67. The van der Waals surface area contributed by atoms with Gasteiger partial charge in [0.2, 0.25) is 0 Å². The van der Waals surface area contributed by atoms with Crippen molar-refractivity contribution in [3.8, 4) is 0 Å². The minimum absolute atomic E-state index is 0.181. The molecule has 0 aliphatic heterocycles. The molecule has 9 aliphatic carbocycles. The highest BCUT2D eigenvalue weighted by Crippen LogP contribution is 2.65. The molecule has 0 radical (unpaired) electrons. The first-order chi connectivity index (χ1) is 19.8. The monoisotopic (exact) mass is 664 g/mol. The number of fused-ring (bicyclic) bond motifs is 6. The van der Waals surface area contributed by atoms with E-state index in [1.165, 1.54) is 0 Å². The van der Waals surface area contributed by atoms with Gasteiger partial charge in [0.1, 0.15) is 0 Å². The molecule has 0 spiro atoms. The van der Waals surface area contributed by atoms with Crippen molar-refractivity contribution in [2.45, 2.75) is 134 Å². The lowest BCUT2D eigenvalue weighted by molar-refractivity contribution is -0.254. The smallest absolute Gasteiger partial charge is 0.0950 e. The zero-order valence-electron chi connectivity index (χ0n) is 27.6. The standard InChI is InChI=1S/C12H22O2S.C11H19ClO2.C11H20O2S/c1-11(2)8-6-9(11)12(14,4-5-15-3)10(13)7-8;1-10(2)7-5-8(10)11(14,3-4-12)9(13)6-7;1-10(2)7-5-8(10)11(13,3-4-14)9(12)6-7/h8-10,13-14H,4-7H2,1-3H3;7-9,13-14H,3-6H2,1-2H3;7-9,12-14H,3-6H2,1-2H3/t8?,9?,10?,12-;2*7?,8?,9?,11-/m111/s1. The quantitative estimate of drug-likeness (QED) is 0.149. The summed E-state index contributed by atoms with van der Waals surface area (Å²) in [7, 11) is 0. The third kappa shape index (κ3) is 5.89. The Morgan fingerprint density at radius 1 is 0.605 bits per heavy atom. The number of thiol groups is 1. The highest BCUT2D eigenvalue weighted by atomic mass is 35.5. The van der Waals surface area contributed by atoms with E-state index in [1.54, 1.807) is 11.8 Å². The highest BCUT2D eigenvalue weighted by Gasteiger charge is 2.66. The number of hydrogen-bond acceptors (Lipinski definition) is 8. The van der Waals surface area contributed by atoms with Crippen LogP contribution in [0.2, 0.25) is 0 Å². The fourth-order valence-electron chi connectivity index (χ4n) is 10.5. The highest BCUT2D eigenvalue weighted by molar-refractivity contribution is 7.98. The van der Waals surface area contributed by atoms with Gasteiger partial charge in [-0.3, -0.25) is 0 Å². The molecule has 252 valence electrons. The summed E-state index contributed by atoms with van der Waals surface area (Å²) in [4.78, 5) is 0. The van der Waals surface area contributed by atoms with Gasteiger partial charge in [0.05, 0.1) is 35.1 Å². The van der Waals surface area contributed by atoms with E-state index >= 15 is 0 Å². The van der Waals surface area contributed by atoms with E-state index in [9.17, 15) is 30.6 Å². The van der Waals surface area contributed by atoms with Gasteiger partial charge in [0, 0.05) is 5.88 Å². The topological polar surface area (TPSA) is 121 Å². The summed E-state index contributed by atoms with van der Waals surface area (Å²) in [6, 6.07) is 0. The summed E-state index contributed by atoms with van der Waals surface area (Å²) < 4.78 is 0. The summed E-state index contributed by atoms with van der Waals surface area (Å²) in [5.74, 6) is 4.58. The van der Waals surface area contributed by atoms with Crippen molar-refractivity contribution < 1.29 is 30.6 Å². The molecule has 6 bridgehead atoms. The maximum Gasteiger partial charge on any atom is 0.0950 e. The van der Waals surface area contributed by atoms with E-state index < -0.39 is 35.1 Å². The van der Waals surface area contributed by atoms with Gasteiger partial charge in [0.25, 0.3) is 0 Å². The van der Waals surface area contributed by atoms with E-state index in [0.717, 1.165) is 50.7 Å². The number of rotatable bonds is 7. The molecule has 0 saturated heterocycles. The van der Waals surface area contributed by atoms with Gasteiger partial charge in [0.15, 0.2) is 0 Å². The predicted molar refractivity (Wildman–Crippen MR) is 180 cm³/mol. The molecule has 0 aromatic heterocycles. The Balaban J connectivity index is 0.000000148. The van der Waals surface area contributed by atoms with Crippen LogP contribution in [-0.4, -0.2) is 89.4 Å². The van der Waals surface area contributed by atoms with Crippen LogP contribution in [0.4, 0.5) is 0 Å². The molecule has 9 rings (SSSR count). The first kappa shape index (κ1) is 36.6. The minimum atomic E-state index is -0.931. The van der Waals surface area contributed by atoms with E-state index in [0.29, 0.717) is 48.1 Å². The first-order valence-corrected chi connectivity index (χ1v) is 19.2. The van der Waals surface area contributed by atoms with Crippen LogP contribution in [0, 0.1) is 51.8 Å². The molecule has 9 heteroatoms. The molecule has 0 aromatic carbocycles. The van der Waals surface area contributed by atoms with Crippen LogP contribution in [0.3, 0.4) is 0 Å². The average Bonchev–Trinajstić information content (AvgIpc) is 2.92. The lowest BCUT2D eigenvalue weighted by atomic mass is 9.43. The maximum absolute atomic E-state index is 10.6. The number of alkyl halides is 1. The van der Waals surface area contributed by atoms with Gasteiger partial charge in [-0.2, -0.15) is 24.4 Å². The summed E-state index contributed by atoms with van der Waals surface area (Å²) in [5, 5.41) is 61.4. The van der Waals surface area contributed by atoms with Crippen molar-refractivity contribution in [1.29, 1.82) is 0 Å². The molecule has 0 amide bonds. The zero-order chi connectivity index (χ0) is 32.4. The van der Waals surface area contributed by atoms with Crippen molar-refractivity contribution in [1.82, 2.24) is 0 Å². The largest absolute Gasteiger partial charge is 0.390 e. The Labute approximate surface area is 275 Å². The molecule has 9 aliphatic rings. The van der Waals surface area contributed by atoms with E-state index in [2.05, 4.69) is 54.2 Å². The fourth-order valence-corrected chi connectivity index (χ4v) is 11.7. The molecule has 43 heavy (non-hydrogen) atoms.